The van der Waals surface area contributed by atoms with Gasteiger partial charge in [-0.2, -0.15) is 15.0 Å². The van der Waals surface area contributed by atoms with Gasteiger partial charge in [-0.15, -0.1) is 0 Å². The summed E-state index contributed by atoms with van der Waals surface area (Å²) in [5, 5.41) is 0. The van der Waals surface area contributed by atoms with Gasteiger partial charge in [0.25, 0.3) is 0 Å². The normalized spacial score (nSPS) is 21.1. The second kappa shape index (κ2) is 6.01. The first-order valence-electron chi connectivity index (χ1n) is 6.70. The Labute approximate surface area is 113 Å². The van der Waals surface area contributed by atoms with Crippen molar-refractivity contribution >= 4 is 11.9 Å². The van der Waals surface area contributed by atoms with E-state index in [1.807, 2.05) is 18.9 Å². The second-order valence-electron chi connectivity index (χ2n) is 5.09. The van der Waals surface area contributed by atoms with Crippen molar-refractivity contribution < 1.29 is 4.74 Å². The fraction of sp³-hybridized carbons (Fsp3) is 0.750. The maximum absolute atomic E-state index is 5.45. The third kappa shape index (κ3) is 3.66. The molecular weight excluding hydrogens is 244 g/mol. The molecule has 2 rings (SSSR count). The van der Waals surface area contributed by atoms with E-state index in [-0.39, 0.29) is 0 Å². The molecule has 7 nitrogen and oxygen atoms in total. The molecule has 0 aromatic carbocycles. The van der Waals surface area contributed by atoms with Crippen LogP contribution in [0.1, 0.15) is 26.7 Å². The van der Waals surface area contributed by atoms with Crippen LogP contribution in [-0.4, -0.2) is 35.2 Å². The highest BCUT2D eigenvalue weighted by Crippen LogP contribution is 2.38. The molecule has 19 heavy (non-hydrogen) atoms. The van der Waals surface area contributed by atoms with E-state index in [9.17, 15) is 0 Å². The second-order valence-corrected chi connectivity index (χ2v) is 5.09. The molecule has 1 aromatic heterocycles. The summed E-state index contributed by atoms with van der Waals surface area (Å²) in [7, 11) is 1.98. The zero-order chi connectivity index (χ0) is 13.8. The molecule has 3 N–H and O–H groups in total. The number of nitrogen functional groups attached to an aromatic ring is 1. The summed E-state index contributed by atoms with van der Waals surface area (Å²) in [6.07, 6.45) is 2.18. The minimum absolute atomic E-state index is 0.315. The van der Waals surface area contributed by atoms with Gasteiger partial charge in [0.2, 0.25) is 11.9 Å². The van der Waals surface area contributed by atoms with Crippen LogP contribution in [0.15, 0.2) is 0 Å². The minimum atomic E-state index is 0.315. The lowest BCUT2D eigenvalue weighted by molar-refractivity contribution is 0.292. The minimum Gasteiger partial charge on any atom is -0.463 e. The molecule has 1 aliphatic rings. The summed E-state index contributed by atoms with van der Waals surface area (Å²) in [4.78, 5) is 14.7. The van der Waals surface area contributed by atoms with Gasteiger partial charge in [-0.25, -0.2) is 5.84 Å². The quantitative estimate of drug-likeness (QED) is 0.563. The van der Waals surface area contributed by atoms with E-state index in [1.54, 1.807) is 0 Å². The van der Waals surface area contributed by atoms with Crippen molar-refractivity contribution in [2.75, 3.05) is 30.5 Å². The summed E-state index contributed by atoms with van der Waals surface area (Å²) in [6, 6.07) is 0.315. The number of hydrogen-bond acceptors (Lipinski definition) is 7. The number of rotatable bonds is 7. The molecule has 1 saturated carbocycles. The van der Waals surface area contributed by atoms with Crippen molar-refractivity contribution in [1.29, 1.82) is 0 Å². The zero-order valence-electron chi connectivity index (χ0n) is 11.8. The average Bonchev–Trinajstić information content (AvgIpc) is 3.11. The average molecular weight is 266 g/mol. The van der Waals surface area contributed by atoms with Crippen LogP contribution in [-0.2, 0) is 0 Å². The molecule has 0 spiro atoms. The Morgan fingerprint density at radius 1 is 1.42 bits per heavy atom. The lowest BCUT2D eigenvalue weighted by Crippen LogP contribution is -2.24. The van der Waals surface area contributed by atoms with Crippen LogP contribution in [0, 0.1) is 11.8 Å². The largest absolute Gasteiger partial charge is 0.463 e. The van der Waals surface area contributed by atoms with Gasteiger partial charge in [-0.1, -0.05) is 13.8 Å². The Balaban J connectivity index is 2.08. The van der Waals surface area contributed by atoms with Gasteiger partial charge in [-0.3, -0.25) is 5.43 Å². The Hall–Kier alpha value is -1.63. The van der Waals surface area contributed by atoms with Crippen molar-refractivity contribution in [3.63, 3.8) is 0 Å². The number of nitrogens with zero attached hydrogens (tertiary/aromatic N) is 4. The first-order chi connectivity index (χ1) is 9.13. The van der Waals surface area contributed by atoms with Crippen molar-refractivity contribution in [3.05, 3.63) is 0 Å². The number of hydrogen-bond donors (Lipinski definition) is 2. The lowest BCUT2D eigenvalue weighted by atomic mass is 10.3. The third-order valence-corrected chi connectivity index (χ3v) is 3.29. The highest BCUT2D eigenvalue weighted by molar-refractivity contribution is 5.37. The summed E-state index contributed by atoms with van der Waals surface area (Å²) >= 11 is 0. The molecule has 1 aliphatic carbocycles. The van der Waals surface area contributed by atoms with E-state index in [1.165, 1.54) is 6.42 Å². The maximum Gasteiger partial charge on any atom is 0.323 e. The number of ether oxygens (including phenoxy) is 1. The first kappa shape index (κ1) is 13.8. The van der Waals surface area contributed by atoms with Crippen LogP contribution in [0.5, 0.6) is 6.01 Å². The zero-order valence-corrected chi connectivity index (χ0v) is 11.8. The van der Waals surface area contributed by atoms with Gasteiger partial charge in [-0.05, 0) is 24.7 Å². The molecule has 2 atom stereocenters. The maximum atomic E-state index is 5.45. The van der Waals surface area contributed by atoms with E-state index in [0.717, 1.165) is 24.8 Å². The molecule has 0 radical (unpaired) electrons. The molecular formula is C12H22N6O. The highest BCUT2D eigenvalue weighted by Gasteiger charge is 2.33. The monoisotopic (exact) mass is 266 g/mol. The molecule has 0 amide bonds. The smallest absolute Gasteiger partial charge is 0.323 e. The fourth-order valence-corrected chi connectivity index (χ4v) is 1.93. The van der Waals surface area contributed by atoms with Gasteiger partial charge >= 0.3 is 6.01 Å². The first-order valence-corrected chi connectivity index (χ1v) is 6.70. The molecule has 1 aromatic rings. The van der Waals surface area contributed by atoms with Crippen LogP contribution in [0.25, 0.3) is 0 Å². The van der Waals surface area contributed by atoms with Crippen LogP contribution in [0.2, 0.25) is 0 Å². The van der Waals surface area contributed by atoms with Crippen molar-refractivity contribution in [3.8, 4) is 6.01 Å². The topological polar surface area (TPSA) is 89.2 Å². The lowest BCUT2D eigenvalue weighted by Gasteiger charge is -2.17. The standard InChI is InChI=1S/C12H22N6O/c1-4-5-19-12-15-10(17-13)14-11(16-12)18(3)7-9-6-8(9)2/h8-9H,4-7,13H2,1-3H3,(H,14,15,16,17). The summed E-state index contributed by atoms with van der Waals surface area (Å²) in [5.41, 5.74) is 2.45. The number of nitrogens with two attached hydrogens (primary N) is 1. The molecule has 2 unspecified atom stereocenters. The van der Waals surface area contributed by atoms with Crippen LogP contribution in [0.3, 0.4) is 0 Å². The van der Waals surface area contributed by atoms with Crippen molar-refractivity contribution in [2.45, 2.75) is 26.7 Å². The van der Waals surface area contributed by atoms with Gasteiger partial charge in [0.05, 0.1) is 6.61 Å². The van der Waals surface area contributed by atoms with Gasteiger partial charge in [0, 0.05) is 13.6 Å². The number of anilines is 2. The Bertz CT molecular complexity index is 427. The third-order valence-electron chi connectivity index (χ3n) is 3.29. The number of aromatic nitrogens is 3. The Morgan fingerprint density at radius 2 is 2.16 bits per heavy atom. The molecule has 7 heteroatoms. The molecule has 0 bridgehead atoms. The van der Waals surface area contributed by atoms with Gasteiger partial charge in [0.1, 0.15) is 0 Å². The Morgan fingerprint density at radius 3 is 2.74 bits per heavy atom. The summed E-state index contributed by atoms with van der Waals surface area (Å²) < 4.78 is 5.45. The molecule has 1 fully saturated rings. The predicted molar refractivity (Wildman–Crippen MR) is 74.0 cm³/mol. The summed E-state index contributed by atoms with van der Waals surface area (Å²) in [5.74, 6) is 7.82. The van der Waals surface area contributed by atoms with E-state index in [2.05, 4.69) is 27.3 Å². The van der Waals surface area contributed by atoms with Crippen molar-refractivity contribution in [2.24, 2.45) is 17.7 Å². The molecule has 1 heterocycles. The van der Waals surface area contributed by atoms with Gasteiger partial charge in [0.15, 0.2) is 0 Å². The number of hydrazine groups is 1. The Kier molecular flexibility index (Phi) is 4.36. The van der Waals surface area contributed by atoms with E-state index < -0.39 is 0 Å². The SMILES string of the molecule is CCCOc1nc(NN)nc(N(C)CC2CC2C)n1. The van der Waals surface area contributed by atoms with E-state index >= 15 is 0 Å². The fourth-order valence-electron chi connectivity index (χ4n) is 1.93. The summed E-state index contributed by atoms with van der Waals surface area (Å²) in [6.45, 7) is 5.82. The van der Waals surface area contributed by atoms with Crippen LogP contribution >= 0.6 is 0 Å². The predicted octanol–water partition coefficient (Wildman–Crippen LogP) is 1.04. The molecule has 0 aliphatic heterocycles. The number of nitrogens with one attached hydrogen (secondary N) is 1. The molecule has 0 saturated heterocycles. The van der Waals surface area contributed by atoms with Crippen LogP contribution in [0.4, 0.5) is 11.9 Å². The highest BCUT2D eigenvalue weighted by atomic mass is 16.5. The van der Waals surface area contributed by atoms with Crippen molar-refractivity contribution in [1.82, 2.24) is 15.0 Å². The molecule has 106 valence electrons. The van der Waals surface area contributed by atoms with E-state index in [0.29, 0.717) is 24.5 Å². The van der Waals surface area contributed by atoms with E-state index in [4.69, 9.17) is 10.6 Å². The van der Waals surface area contributed by atoms with Crippen LogP contribution < -0.4 is 20.9 Å². The van der Waals surface area contributed by atoms with Gasteiger partial charge < -0.3 is 9.64 Å².